The van der Waals surface area contributed by atoms with Crippen molar-refractivity contribution in [1.82, 2.24) is 5.32 Å². The number of nitrogens with one attached hydrogen (secondary N) is 1. The highest BCUT2D eigenvalue weighted by atomic mass is 32.2. The maximum atomic E-state index is 12.7. The van der Waals surface area contributed by atoms with Gasteiger partial charge in [-0.3, -0.25) is 4.79 Å². The predicted octanol–water partition coefficient (Wildman–Crippen LogP) is 3.10. The van der Waals surface area contributed by atoms with Gasteiger partial charge in [0.25, 0.3) is 0 Å². The van der Waals surface area contributed by atoms with E-state index >= 15 is 0 Å². The number of sulfone groups is 1. The SMILES string of the molecule is CNC(=O)Cc1ccc(CS(=O)(=O)c2ccc3ccccc3c2)cc1. The average molecular weight is 353 g/mol. The molecule has 5 heteroatoms. The summed E-state index contributed by atoms with van der Waals surface area (Å²) in [6, 6.07) is 20.0. The van der Waals surface area contributed by atoms with E-state index in [-0.39, 0.29) is 18.1 Å². The van der Waals surface area contributed by atoms with Gasteiger partial charge in [0.1, 0.15) is 0 Å². The second-order valence-electron chi connectivity index (χ2n) is 5.93. The van der Waals surface area contributed by atoms with Gasteiger partial charge in [0.15, 0.2) is 9.84 Å². The minimum atomic E-state index is -3.42. The number of carbonyl (C=O) groups is 1. The second-order valence-corrected chi connectivity index (χ2v) is 7.92. The van der Waals surface area contributed by atoms with Gasteiger partial charge in [-0.05, 0) is 34.0 Å². The van der Waals surface area contributed by atoms with Crippen LogP contribution in [0.15, 0.2) is 71.6 Å². The number of hydrogen-bond acceptors (Lipinski definition) is 3. The summed E-state index contributed by atoms with van der Waals surface area (Å²) < 4.78 is 25.4. The lowest BCUT2D eigenvalue weighted by molar-refractivity contribution is -0.119. The molecule has 0 atom stereocenters. The Hall–Kier alpha value is -2.66. The van der Waals surface area contributed by atoms with E-state index < -0.39 is 9.84 Å². The molecule has 3 aromatic carbocycles. The minimum Gasteiger partial charge on any atom is -0.359 e. The summed E-state index contributed by atoms with van der Waals surface area (Å²) in [5.74, 6) is -0.137. The van der Waals surface area contributed by atoms with Crippen LogP contribution in [0.5, 0.6) is 0 Å². The van der Waals surface area contributed by atoms with Crippen LogP contribution in [0.2, 0.25) is 0 Å². The molecule has 0 aliphatic carbocycles. The molecule has 25 heavy (non-hydrogen) atoms. The lowest BCUT2D eigenvalue weighted by atomic mass is 10.1. The van der Waals surface area contributed by atoms with Crippen LogP contribution in [0.25, 0.3) is 10.8 Å². The Bertz CT molecular complexity index is 1010. The summed E-state index contributed by atoms with van der Waals surface area (Å²) in [5.41, 5.74) is 1.56. The molecule has 0 fully saturated rings. The molecule has 0 aliphatic rings. The number of fused-ring (bicyclic) bond motifs is 1. The van der Waals surface area contributed by atoms with E-state index in [1.807, 2.05) is 30.3 Å². The number of likely N-dealkylation sites (N-methyl/N-ethyl adjacent to an activating group) is 1. The molecule has 0 unspecified atom stereocenters. The third-order valence-corrected chi connectivity index (χ3v) is 5.79. The van der Waals surface area contributed by atoms with Gasteiger partial charge in [-0.15, -0.1) is 0 Å². The van der Waals surface area contributed by atoms with Gasteiger partial charge < -0.3 is 5.32 Å². The lowest BCUT2D eigenvalue weighted by Gasteiger charge is -2.07. The van der Waals surface area contributed by atoms with Crippen LogP contribution in [-0.4, -0.2) is 21.4 Å². The van der Waals surface area contributed by atoms with Crippen molar-refractivity contribution in [2.24, 2.45) is 0 Å². The Morgan fingerprint density at radius 1 is 0.880 bits per heavy atom. The van der Waals surface area contributed by atoms with Crippen molar-refractivity contribution in [2.45, 2.75) is 17.1 Å². The van der Waals surface area contributed by atoms with Crippen LogP contribution in [0, 0.1) is 0 Å². The van der Waals surface area contributed by atoms with Crippen molar-refractivity contribution >= 4 is 26.5 Å². The standard InChI is InChI=1S/C20H19NO3S/c1-21-20(22)12-15-6-8-16(9-7-15)14-25(23,24)19-11-10-17-4-2-3-5-18(17)13-19/h2-11,13H,12,14H2,1H3,(H,21,22). The normalized spacial score (nSPS) is 11.4. The summed E-state index contributed by atoms with van der Waals surface area (Å²) in [7, 11) is -1.83. The van der Waals surface area contributed by atoms with E-state index in [0.717, 1.165) is 16.3 Å². The number of hydrogen-bond donors (Lipinski definition) is 1. The van der Waals surface area contributed by atoms with Crippen molar-refractivity contribution in [3.63, 3.8) is 0 Å². The van der Waals surface area contributed by atoms with Gasteiger partial charge in [0.2, 0.25) is 5.91 Å². The van der Waals surface area contributed by atoms with Crippen LogP contribution >= 0.6 is 0 Å². The Kier molecular flexibility index (Phi) is 4.86. The monoisotopic (exact) mass is 353 g/mol. The van der Waals surface area contributed by atoms with E-state index in [2.05, 4.69) is 5.32 Å². The zero-order chi connectivity index (χ0) is 17.9. The highest BCUT2D eigenvalue weighted by molar-refractivity contribution is 7.90. The fourth-order valence-corrected chi connectivity index (χ4v) is 4.07. The number of amides is 1. The molecule has 0 radical (unpaired) electrons. The van der Waals surface area contributed by atoms with Gasteiger partial charge in [0, 0.05) is 7.05 Å². The van der Waals surface area contributed by atoms with Crippen LogP contribution in [0.4, 0.5) is 0 Å². The highest BCUT2D eigenvalue weighted by Crippen LogP contribution is 2.22. The van der Waals surface area contributed by atoms with Crippen molar-refractivity contribution in [3.05, 3.63) is 77.9 Å². The van der Waals surface area contributed by atoms with E-state index in [0.29, 0.717) is 10.5 Å². The van der Waals surface area contributed by atoms with Crippen LogP contribution in [0.3, 0.4) is 0 Å². The molecule has 0 aliphatic heterocycles. The smallest absolute Gasteiger partial charge is 0.224 e. The Labute approximate surface area is 147 Å². The van der Waals surface area contributed by atoms with Gasteiger partial charge in [-0.2, -0.15) is 0 Å². The molecule has 3 rings (SSSR count). The topological polar surface area (TPSA) is 63.2 Å². The molecule has 1 N–H and O–H groups in total. The summed E-state index contributed by atoms with van der Waals surface area (Å²) in [5, 5.41) is 4.49. The molecule has 0 heterocycles. The Morgan fingerprint density at radius 3 is 2.20 bits per heavy atom. The quantitative estimate of drug-likeness (QED) is 0.767. The fourth-order valence-electron chi connectivity index (χ4n) is 2.69. The Balaban J connectivity index is 1.81. The van der Waals surface area contributed by atoms with Crippen molar-refractivity contribution < 1.29 is 13.2 Å². The second kappa shape index (κ2) is 7.07. The predicted molar refractivity (Wildman–Crippen MR) is 99.1 cm³/mol. The van der Waals surface area contributed by atoms with E-state index in [9.17, 15) is 13.2 Å². The molecule has 0 saturated heterocycles. The van der Waals surface area contributed by atoms with Crippen LogP contribution in [0.1, 0.15) is 11.1 Å². The Morgan fingerprint density at radius 2 is 1.52 bits per heavy atom. The zero-order valence-electron chi connectivity index (χ0n) is 13.9. The number of carbonyl (C=O) groups excluding carboxylic acids is 1. The minimum absolute atomic E-state index is 0.0639. The first kappa shape index (κ1) is 17.2. The molecule has 4 nitrogen and oxygen atoms in total. The summed E-state index contributed by atoms with van der Waals surface area (Å²) in [6.07, 6.45) is 0.286. The molecule has 1 amide bonds. The molecule has 0 saturated carbocycles. The molecule has 0 bridgehead atoms. The van der Waals surface area contributed by atoms with Gasteiger partial charge in [0.05, 0.1) is 17.1 Å². The van der Waals surface area contributed by atoms with Crippen molar-refractivity contribution in [1.29, 1.82) is 0 Å². The molecular weight excluding hydrogens is 334 g/mol. The number of benzene rings is 3. The molecule has 0 spiro atoms. The molecule has 128 valence electrons. The lowest BCUT2D eigenvalue weighted by Crippen LogP contribution is -2.19. The van der Waals surface area contributed by atoms with Gasteiger partial charge >= 0.3 is 0 Å². The van der Waals surface area contributed by atoms with Crippen molar-refractivity contribution in [3.8, 4) is 0 Å². The van der Waals surface area contributed by atoms with Crippen molar-refractivity contribution in [2.75, 3.05) is 7.05 Å². The summed E-state index contributed by atoms with van der Waals surface area (Å²) in [6.45, 7) is 0. The summed E-state index contributed by atoms with van der Waals surface area (Å²) >= 11 is 0. The first-order valence-electron chi connectivity index (χ1n) is 7.98. The van der Waals surface area contributed by atoms with Crippen LogP contribution in [-0.2, 0) is 26.8 Å². The highest BCUT2D eigenvalue weighted by Gasteiger charge is 2.16. The van der Waals surface area contributed by atoms with E-state index in [1.54, 1.807) is 43.4 Å². The van der Waals surface area contributed by atoms with Crippen LogP contribution < -0.4 is 5.32 Å². The third kappa shape index (κ3) is 4.06. The third-order valence-electron chi connectivity index (χ3n) is 4.10. The van der Waals surface area contributed by atoms with Gasteiger partial charge in [-0.25, -0.2) is 8.42 Å². The maximum absolute atomic E-state index is 12.7. The first-order valence-corrected chi connectivity index (χ1v) is 9.63. The number of rotatable bonds is 5. The first-order chi connectivity index (χ1) is 12.0. The zero-order valence-corrected chi connectivity index (χ0v) is 14.7. The molecule has 3 aromatic rings. The summed E-state index contributed by atoms with van der Waals surface area (Å²) in [4.78, 5) is 11.7. The largest absolute Gasteiger partial charge is 0.359 e. The van der Waals surface area contributed by atoms with Gasteiger partial charge in [-0.1, -0.05) is 54.6 Å². The molecule has 0 aromatic heterocycles. The fraction of sp³-hybridized carbons (Fsp3) is 0.150. The molecular formula is C20H19NO3S. The maximum Gasteiger partial charge on any atom is 0.224 e. The van der Waals surface area contributed by atoms with E-state index in [1.165, 1.54) is 0 Å². The van der Waals surface area contributed by atoms with E-state index in [4.69, 9.17) is 0 Å². The average Bonchev–Trinajstić information content (AvgIpc) is 2.62.